The fraction of sp³-hybridized carbons (Fsp3) is 0.190. The van der Waals surface area contributed by atoms with Crippen LogP contribution in [0.4, 0.5) is 11.5 Å². The van der Waals surface area contributed by atoms with Crippen molar-refractivity contribution in [2.75, 3.05) is 26.0 Å². The summed E-state index contributed by atoms with van der Waals surface area (Å²) in [5, 5.41) is 3.05. The Morgan fingerprint density at radius 3 is 2.62 bits per heavy atom. The van der Waals surface area contributed by atoms with Gasteiger partial charge in [-0.1, -0.05) is 12.1 Å². The lowest BCUT2D eigenvalue weighted by Crippen LogP contribution is -2.29. The van der Waals surface area contributed by atoms with E-state index in [1.807, 2.05) is 12.1 Å². The van der Waals surface area contributed by atoms with Crippen LogP contribution in [-0.2, 0) is 11.2 Å². The standard InChI is InChI=1S/C21H21N5O3/c1-26(12-9-15-7-10-22-11-8-15)20(27)18-13-19(24-14-23-18)25-17-6-4-3-5-16(17)21(28)29-2/h3-8,10-11,13-14H,9,12H2,1-2H3,(H,23,24,25). The molecular formula is C21H21N5O3. The molecule has 0 aliphatic rings. The van der Waals surface area contributed by atoms with E-state index in [9.17, 15) is 9.59 Å². The Morgan fingerprint density at radius 2 is 1.86 bits per heavy atom. The number of methoxy groups -OCH3 is 1. The van der Waals surface area contributed by atoms with Gasteiger partial charge in [-0.25, -0.2) is 14.8 Å². The minimum absolute atomic E-state index is 0.217. The molecule has 0 fully saturated rings. The monoisotopic (exact) mass is 391 g/mol. The van der Waals surface area contributed by atoms with Crippen LogP contribution in [0.5, 0.6) is 0 Å². The molecule has 148 valence electrons. The van der Waals surface area contributed by atoms with E-state index in [1.54, 1.807) is 54.7 Å². The largest absolute Gasteiger partial charge is 0.465 e. The zero-order valence-corrected chi connectivity index (χ0v) is 16.2. The summed E-state index contributed by atoms with van der Waals surface area (Å²) in [6.07, 6.45) is 5.48. The Balaban J connectivity index is 1.71. The van der Waals surface area contributed by atoms with Gasteiger partial charge in [0.25, 0.3) is 5.91 Å². The Hall–Kier alpha value is -3.81. The fourth-order valence-corrected chi connectivity index (χ4v) is 2.70. The van der Waals surface area contributed by atoms with Crippen LogP contribution >= 0.6 is 0 Å². The lowest BCUT2D eigenvalue weighted by atomic mass is 10.2. The second-order valence-corrected chi connectivity index (χ2v) is 6.28. The van der Waals surface area contributed by atoms with Crippen LogP contribution in [-0.4, -0.2) is 52.4 Å². The molecule has 0 unspecified atom stereocenters. The number of nitrogens with zero attached hydrogens (tertiary/aromatic N) is 4. The number of carbonyl (C=O) groups excluding carboxylic acids is 2. The number of likely N-dealkylation sites (N-methyl/N-ethyl adjacent to an activating group) is 1. The summed E-state index contributed by atoms with van der Waals surface area (Å²) >= 11 is 0. The molecule has 0 saturated heterocycles. The summed E-state index contributed by atoms with van der Waals surface area (Å²) in [5.41, 5.74) is 2.26. The lowest BCUT2D eigenvalue weighted by molar-refractivity contribution is 0.0601. The van der Waals surface area contributed by atoms with Crippen molar-refractivity contribution in [1.82, 2.24) is 19.9 Å². The number of hydrogen-bond acceptors (Lipinski definition) is 7. The Morgan fingerprint density at radius 1 is 1.10 bits per heavy atom. The van der Waals surface area contributed by atoms with E-state index in [0.29, 0.717) is 30.0 Å². The van der Waals surface area contributed by atoms with Crippen LogP contribution in [0.3, 0.4) is 0 Å². The van der Waals surface area contributed by atoms with Crippen molar-refractivity contribution in [3.05, 3.63) is 78.0 Å². The molecule has 29 heavy (non-hydrogen) atoms. The average molecular weight is 391 g/mol. The number of aromatic nitrogens is 3. The Kier molecular flexibility index (Phi) is 6.47. The number of pyridine rings is 1. The molecule has 0 atom stereocenters. The van der Waals surface area contributed by atoms with E-state index in [2.05, 4.69) is 20.3 Å². The van der Waals surface area contributed by atoms with E-state index >= 15 is 0 Å². The third kappa shape index (κ3) is 5.13. The second-order valence-electron chi connectivity index (χ2n) is 6.28. The topological polar surface area (TPSA) is 97.3 Å². The van der Waals surface area contributed by atoms with Crippen LogP contribution in [0.25, 0.3) is 0 Å². The van der Waals surface area contributed by atoms with Crippen molar-refractivity contribution in [3.63, 3.8) is 0 Å². The molecule has 8 nitrogen and oxygen atoms in total. The van der Waals surface area contributed by atoms with Gasteiger partial charge in [0.1, 0.15) is 17.8 Å². The van der Waals surface area contributed by atoms with Gasteiger partial charge in [-0.05, 0) is 36.2 Å². The molecule has 0 aliphatic carbocycles. The number of benzene rings is 1. The number of hydrogen-bond donors (Lipinski definition) is 1. The molecule has 3 rings (SSSR count). The highest BCUT2D eigenvalue weighted by molar-refractivity contribution is 5.97. The van der Waals surface area contributed by atoms with Gasteiger partial charge in [0, 0.05) is 32.1 Å². The van der Waals surface area contributed by atoms with Crippen molar-refractivity contribution in [1.29, 1.82) is 0 Å². The zero-order valence-electron chi connectivity index (χ0n) is 16.2. The predicted molar refractivity (Wildman–Crippen MR) is 108 cm³/mol. The van der Waals surface area contributed by atoms with E-state index in [-0.39, 0.29) is 11.6 Å². The van der Waals surface area contributed by atoms with Gasteiger partial charge in [-0.2, -0.15) is 0 Å². The van der Waals surface area contributed by atoms with Crippen LogP contribution in [0.1, 0.15) is 26.4 Å². The molecule has 3 aromatic rings. The van der Waals surface area contributed by atoms with Gasteiger partial charge in [0.05, 0.1) is 18.4 Å². The second kappa shape index (κ2) is 9.41. The van der Waals surface area contributed by atoms with E-state index in [0.717, 1.165) is 5.56 Å². The van der Waals surface area contributed by atoms with Gasteiger partial charge in [0.2, 0.25) is 0 Å². The van der Waals surface area contributed by atoms with Gasteiger partial charge >= 0.3 is 5.97 Å². The number of para-hydroxylation sites is 1. The lowest BCUT2D eigenvalue weighted by Gasteiger charge is -2.17. The molecule has 0 saturated carbocycles. The first-order chi connectivity index (χ1) is 14.1. The third-order valence-electron chi connectivity index (χ3n) is 4.31. The minimum atomic E-state index is -0.464. The summed E-state index contributed by atoms with van der Waals surface area (Å²) in [7, 11) is 3.05. The number of carbonyl (C=O) groups is 2. The molecule has 1 N–H and O–H groups in total. The van der Waals surface area contributed by atoms with Crippen LogP contribution in [0.15, 0.2) is 61.2 Å². The first kappa shape index (κ1) is 19.9. The number of nitrogens with one attached hydrogen (secondary N) is 1. The quantitative estimate of drug-likeness (QED) is 0.619. The Bertz CT molecular complexity index is 994. The number of rotatable bonds is 7. The first-order valence-electron chi connectivity index (χ1n) is 8.99. The Labute approximate surface area is 168 Å². The molecule has 0 radical (unpaired) electrons. The van der Waals surface area contributed by atoms with Crippen molar-refractivity contribution in [2.45, 2.75) is 6.42 Å². The fourth-order valence-electron chi connectivity index (χ4n) is 2.70. The number of ether oxygens (including phenoxy) is 1. The summed E-state index contributed by atoms with van der Waals surface area (Å²) in [6.45, 7) is 0.542. The number of esters is 1. The maximum absolute atomic E-state index is 12.7. The van der Waals surface area contributed by atoms with Crippen molar-refractivity contribution >= 4 is 23.4 Å². The van der Waals surface area contributed by atoms with Crippen molar-refractivity contribution in [3.8, 4) is 0 Å². The minimum Gasteiger partial charge on any atom is -0.465 e. The van der Waals surface area contributed by atoms with Gasteiger partial charge < -0.3 is 15.0 Å². The van der Waals surface area contributed by atoms with E-state index in [1.165, 1.54) is 13.4 Å². The normalized spacial score (nSPS) is 10.3. The summed E-state index contributed by atoms with van der Waals surface area (Å²) < 4.78 is 4.80. The predicted octanol–water partition coefficient (Wildman–Crippen LogP) is 2.72. The first-order valence-corrected chi connectivity index (χ1v) is 8.99. The van der Waals surface area contributed by atoms with Gasteiger partial charge in [-0.3, -0.25) is 9.78 Å². The molecule has 1 aromatic carbocycles. The molecule has 0 bridgehead atoms. The summed E-state index contributed by atoms with van der Waals surface area (Å²) in [6, 6.07) is 12.3. The highest BCUT2D eigenvalue weighted by Gasteiger charge is 2.16. The average Bonchev–Trinajstić information content (AvgIpc) is 2.77. The van der Waals surface area contributed by atoms with Crippen LogP contribution < -0.4 is 5.32 Å². The van der Waals surface area contributed by atoms with Gasteiger partial charge in [-0.15, -0.1) is 0 Å². The highest BCUT2D eigenvalue weighted by Crippen LogP contribution is 2.20. The van der Waals surface area contributed by atoms with Crippen LogP contribution in [0.2, 0.25) is 0 Å². The van der Waals surface area contributed by atoms with Crippen LogP contribution in [0, 0.1) is 0 Å². The van der Waals surface area contributed by atoms with Crippen molar-refractivity contribution in [2.24, 2.45) is 0 Å². The molecular weight excluding hydrogens is 370 g/mol. The third-order valence-corrected chi connectivity index (χ3v) is 4.31. The molecule has 2 heterocycles. The number of amides is 1. The zero-order chi connectivity index (χ0) is 20.6. The maximum atomic E-state index is 12.7. The van der Waals surface area contributed by atoms with E-state index in [4.69, 9.17) is 4.74 Å². The maximum Gasteiger partial charge on any atom is 0.339 e. The highest BCUT2D eigenvalue weighted by atomic mass is 16.5. The van der Waals surface area contributed by atoms with Crippen molar-refractivity contribution < 1.29 is 14.3 Å². The van der Waals surface area contributed by atoms with E-state index < -0.39 is 5.97 Å². The molecule has 0 spiro atoms. The molecule has 2 aromatic heterocycles. The number of anilines is 2. The molecule has 8 heteroatoms. The smallest absolute Gasteiger partial charge is 0.339 e. The van der Waals surface area contributed by atoms with Gasteiger partial charge in [0.15, 0.2) is 0 Å². The SMILES string of the molecule is COC(=O)c1ccccc1Nc1cc(C(=O)N(C)CCc2ccncc2)ncn1. The molecule has 0 aliphatic heterocycles. The molecule has 1 amide bonds. The summed E-state index contributed by atoms with van der Waals surface area (Å²) in [4.78, 5) is 38.5. The summed E-state index contributed by atoms with van der Waals surface area (Å²) in [5.74, 6) is -0.276.